The third-order valence-electron chi connectivity index (χ3n) is 5.48. The summed E-state index contributed by atoms with van der Waals surface area (Å²) in [5.74, 6) is 1.76. The van der Waals surface area contributed by atoms with Crippen molar-refractivity contribution in [2.45, 2.75) is 105 Å². The zero-order valence-corrected chi connectivity index (χ0v) is 16.1. The van der Waals surface area contributed by atoms with E-state index in [4.69, 9.17) is 0 Å². The predicted molar refractivity (Wildman–Crippen MR) is 97.9 cm³/mol. The highest BCUT2D eigenvalue weighted by atomic mass is 14.9. The second kappa shape index (κ2) is 11.5. The molecule has 1 N–H and O–H groups in total. The van der Waals surface area contributed by atoms with Crippen molar-refractivity contribution >= 4 is 0 Å². The van der Waals surface area contributed by atoms with Crippen LogP contribution < -0.4 is 5.32 Å². The fourth-order valence-electron chi connectivity index (χ4n) is 3.48. The quantitative estimate of drug-likeness (QED) is 0.387. The van der Waals surface area contributed by atoms with E-state index < -0.39 is 0 Å². The minimum Gasteiger partial charge on any atom is -0.317 e. The Morgan fingerprint density at radius 1 is 0.857 bits per heavy atom. The van der Waals surface area contributed by atoms with Gasteiger partial charge in [0.2, 0.25) is 0 Å². The van der Waals surface area contributed by atoms with E-state index in [-0.39, 0.29) is 0 Å². The minimum atomic E-state index is 0.470. The van der Waals surface area contributed by atoms with Gasteiger partial charge in [-0.2, -0.15) is 0 Å². The Morgan fingerprint density at radius 3 is 2.00 bits per heavy atom. The van der Waals surface area contributed by atoms with Crippen LogP contribution in [0, 0.1) is 17.3 Å². The first-order valence-electron chi connectivity index (χ1n) is 9.53. The topological polar surface area (TPSA) is 12.0 Å². The molecule has 0 spiro atoms. The van der Waals surface area contributed by atoms with E-state index in [0.29, 0.717) is 11.5 Å². The van der Waals surface area contributed by atoms with E-state index in [1.807, 2.05) is 0 Å². The molecule has 21 heavy (non-hydrogen) atoms. The lowest BCUT2D eigenvalue weighted by molar-refractivity contribution is 0.183. The van der Waals surface area contributed by atoms with Crippen molar-refractivity contribution in [3.63, 3.8) is 0 Å². The molecule has 128 valence electrons. The molecule has 0 bridgehead atoms. The normalized spacial score (nSPS) is 17.7. The molecule has 0 aliphatic carbocycles. The summed E-state index contributed by atoms with van der Waals surface area (Å²) < 4.78 is 0. The van der Waals surface area contributed by atoms with Crippen molar-refractivity contribution in [3.05, 3.63) is 0 Å². The largest absolute Gasteiger partial charge is 0.317 e. The van der Waals surface area contributed by atoms with Gasteiger partial charge < -0.3 is 5.32 Å². The molecule has 0 aromatic heterocycles. The Balaban J connectivity index is 4.16. The van der Waals surface area contributed by atoms with Crippen LogP contribution in [0.15, 0.2) is 0 Å². The predicted octanol–water partition coefficient (Wildman–Crippen LogP) is 6.42. The molecule has 0 aliphatic heterocycles. The highest BCUT2D eigenvalue weighted by Gasteiger charge is 2.29. The molecule has 0 aliphatic rings. The molecule has 0 amide bonds. The highest BCUT2D eigenvalue weighted by Crippen LogP contribution is 2.35. The summed E-state index contributed by atoms with van der Waals surface area (Å²) >= 11 is 0. The SMILES string of the molecule is CCCC(C)CCCCC(C)(CCCC(C)C)C(C)NC. The Morgan fingerprint density at radius 2 is 1.48 bits per heavy atom. The molecule has 1 heteroatoms. The van der Waals surface area contributed by atoms with Crippen LogP contribution in [0.4, 0.5) is 0 Å². The van der Waals surface area contributed by atoms with E-state index in [1.165, 1.54) is 57.8 Å². The number of hydrogen-bond acceptors (Lipinski definition) is 1. The van der Waals surface area contributed by atoms with Crippen LogP contribution in [0.5, 0.6) is 0 Å². The van der Waals surface area contributed by atoms with E-state index in [1.54, 1.807) is 0 Å². The molecule has 0 saturated heterocycles. The fourth-order valence-corrected chi connectivity index (χ4v) is 3.48. The van der Waals surface area contributed by atoms with Crippen molar-refractivity contribution in [1.29, 1.82) is 0 Å². The lowest BCUT2D eigenvalue weighted by Crippen LogP contribution is -2.39. The summed E-state index contributed by atoms with van der Waals surface area (Å²) in [6.45, 7) is 14.3. The highest BCUT2D eigenvalue weighted by molar-refractivity contribution is 4.84. The van der Waals surface area contributed by atoms with Gasteiger partial charge in [0.15, 0.2) is 0 Å². The van der Waals surface area contributed by atoms with E-state index in [0.717, 1.165) is 11.8 Å². The molecule has 3 atom stereocenters. The fraction of sp³-hybridized carbons (Fsp3) is 1.00. The average molecular weight is 298 g/mol. The van der Waals surface area contributed by atoms with Crippen LogP contribution in [0.25, 0.3) is 0 Å². The van der Waals surface area contributed by atoms with E-state index in [2.05, 4.69) is 53.9 Å². The summed E-state index contributed by atoms with van der Waals surface area (Å²) in [5.41, 5.74) is 0.470. The lowest BCUT2D eigenvalue weighted by Gasteiger charge is -2.36. The number of nitrogens with one attached hydrogen (secondary N) is 1. The van der Waals surface area contributed by atoms with Crippen LogP contribution in [0.3, 0.4) is 0 Å². The van der Waals surface area contributed by atoms with Crippen LogP contribution in [-0.2, 0) is 0 Å². The van der Waals surface area contributed by atoms with Crippen molar-refractivity contribution in [2.24, 2.45) is 17.3 Å². The van der Waals surface area contributed by atoms with Gasteiger partial charge in [0.05, 0.1) is 0 Å². The van der Waals surface area contributed by atoms with Crippen LogP contribution in [0.2, 0.25) is 0 Å². The molecule has 0 saturated carbocycles. The molecule has 0 rings (SSSR count). The molecule has 0 aromatic rings. The Hall–Kier alpha value is -0.0400. The van der Waals surface area contributed by atoms with Crippen LogP contribution in [0.1, 0.15) is 99.3 Å². The average Bonchev–Trinajstić information content (AvgIpc) is 2.42. The van der Waals surface area contributed by atoms with Gasteiger partial charge >= 0.3 is 0 Å². The first kappa shape index (κ1) is 21.0. The summed E-state index contributed by atoms with van der Waals surface area (Å²) in [5, 5.41) is 3.51. The smallest absolute Gasteiger partial charge is 0.00895 e. The molecule has 0 fully saturated rings. The van der Waals surface area contributed by atoms with Crippen LogP contribution in [-0.4, -0.2) is 13.1 Å². The molecule has 0 aromatic carbocycles. The zero-order valence-electron chi connectivity index (χ0n) is 16.1. The molecule has 0 radical (unpaired) electrons. The van der Waals surface area contributed by atoms with Crippen molar-refractivity contribution in [3.8, 4) is 0 Å². The maximum Gasteiger partial charge on any atom is 0.00895 e. The molecule has 0 heterocycles. The summed E-state index contributed by atoms with van der Waals surface area (Å²) in [6, 6.07) is 0.623. The van der Waals surface area contributed by atoms with Crippen molar-refractivity contribution < 1.29 is 0 Å². The first-order chi connectivity index (χ1) is 9.85. The van der Waals surface area contributed by atoms with Gasteiger partial charge in [-0.05, 0) is 44.1 Å². The van der Waals surface area contributed by atoms with Gasteiger partial charge in [0.25, 0.3) is 0 Å². The third kappa shape index (κ3) is 9.55. The maximum absolute atomic E-state index is 3.51. The third-order valence-corrected chi connectivity index (χ3v) is 5.48. The second-order valence-corrected chi connectivity index (χ2v) is 8.09. The standard InChI is InChI=1S/C20H43N/c1-8-12-18(4)14-9-10-15-20(6,19(5)21-7)16-11-13-17(2)3/h17-19,21H,8-16H2,1-7H3. The monoisotopic (exact) mass is 297 g/mol. The minimum absolute atomic E-state index is 0.470. The van der Waals surface area contributed by atoms with Gasteiger partial charge in [0.1, 0.15) is 0 Å². The van der Waals surface area contributed by atoms with Crippen molar-refractivity contribution in [1.82, 2.24) is 5.32 Å². The molecular weight excluding hydrogens is 254 g/mol. The van der Waals surface area contributed by atoms with Gasteiger partial charge in [-0.1, -0.05) is 79.6 Å². The van der Waals surface area contributed by atoms with Gasteiger partial charge in [0, 0.05) is 6.04 Å². The molecule has 3 unspecified atom stereocenters. The summed E-state index contributed by atoms with van der Waals surface area (Å²) in [4.78, 5) is 0. The lowest BCUT2D eigenvalue weighted by atomic mass is 9.74. The van der Waals surface area contributed by atoms with E-state index >= 15 is 0 Å². The number of unbranched alkanes of at least 4 members (excludes halogenated alkanes) is 1. The first-order valence-corrected chi connectivity index (χ1v) is 9.53. The Kier molecular flexibility index (Phi) is 11.5. The summed E-state index contributed by atoms with van der Waals surface area (Å²) in [6.07, 6.45) is 12.5. The summed E-state index contributed by atoms with van der Waals surface area (Å²) in [7, 11) is 2.12. The molecule has 1 nitrogen and oxygen atoms in total. The number of rotatable bonds is 13. The zero-order chi connectivity index (χ0) is 16.3. The van der Waals surface area contributed by atoms with Gasteiger partial charge in [-0.3, -0.25) is 0 Å². The molecular formula is C20H43N. The van der Waals surface area contributed by atoms with Gasteiger partial charge in [-0.15, -0.1) is 0 Å². The second-order valence-electron chi connectivity index (χ2n) is 8.09. The maximum atomic E-state index is 3.51. The Bertz CT molecular complexity index is 236. The van der Waals surface area contributed by atoms with Crippen molar-refractivity contribution in [2.75, 3.05) is 7.05 Å². The number of hydrogen-bond donors (Lipinski definition) is 1. The van der Waals surface area contributed by atoms with E-state index in [9.17, 15) is 0 Å². The van der Waals surface area contributed by atoms with Gasteiger partial charge in [-0.25, -0.2) is 0 Å². The Labute approximate surface area is 135 Å². The van der Waals surface area contributed by atoms with Crippen LogP contribution >= 0.6 is 0 Å².